The number of methoxy groups -OCH3 is 1. The number of anilines is 1. The normalized spacial score (nSPS) is 15.0. The van der Waals surface area contributed by atoms with Crippen LogP contribution in [0.1, 0.15) is 37.8 Å². The van der Waals surface area contributed by atoms with Crippen LogP contribution in [-0.4, -0.2) is 55.4 Å². The second kappa shape index (κ2) is 14.3. The van der Waals surface area contributed by atoms with Crippen LogP contribution < -0.4 is 20.1 Å². The van der Waals surface area contributed by atoms with Gasteiger partial charge in [0.25, 0.3) is 0 Å². The van der Waals surface area contributed by atoms with Crippen LogP contribution in [0.4, 0.5) is 5.69 Å². The average Bonchev–Trinajstić information content (AvgIpc) is 2.81. The molecule has 3 N–H and O–H groups in total. The zero-order chi connectivity index (χ0) is 22.8. The van der Waals surface area contributed by atoms with Gasteiger partial charge in [0, 0.05) is 37.9 Å². The number of nitrogens with zero attached hydrogens (tertiary/aromatic N) is 2. The summed E-state index contributed by atoms with van der Waals surface area (Å²) in [6.07, 6.45) is 1.61. The average molecular weight is 569 g/mol. The molecule has 0 unspecified atom stereocenters. The molecule has 1 saturated heterocycles. The van der Waals surface area contributed by atoms with Crippen LogP contribution in [0.15, 0.2) is 47.5 Å². The van der Waals surface area contributed by atoms with Crippen molar-refractivity contribution in [3.8, 4) is 11.5 Å². The molecule has 0 atom stereocenters. The zero-order valence-corrected chi connectivity index (χ0v) is 22.2. The van der Waals surface area contributed by atoms with Gasteiger partial charge in [-0.1, -0.05) is 24.3 Å². The molecule has 2 aromatic carbocycles. The second-order valence-corrected chi connectivity index (χ2v) is 7.94. The van der Waals surface area contributed by atoms with E-state index in [0.29, 0.717) is 18.9 Å². The van der Waals surface area contributed by atoms with E-state index in [-0.39, 0.29) is 30.1 Å². The molecule has 0 amide bonds. The molecule has 8 heteroatoms. The lowest BCUT2D eigenvalue weighted by atomic mass is 10.1. The van der Waals surface area contributed by atoms with E-state index in [2.05, 4.69) is 39.8 Å². The maximum atomic E-state index is 9.66. The first-order valence-electron chi connectivity index (χ1n) is 11.5. The Labute approximate surface area is 214 Å². The van der Waals surface area contributed by atoms with Gasteiger partial charge in [-0.05, 0) is 49.9 Å². The number of halogens is 1. The van der Waals surface area contributed by atoms with Gasteiger partial charge < -0.3 is 25.2 Å². The number of guanidine groups is 1. The van der Waals surface area contributed by atoms with E-state index >= 15 is 0 Å². The number of piperidine rings is 1. The number of ether oxygens (including phenoxy) is 2. The van der Waals surface area contributed by atoms with Crippen LogP contribution in [0.3, 0.4) is 0 Å². The summed E-state index contributed by atoms with van der Waals surface area (Å²) < 4.78 is 11.0. The van der Waals surface area contributed by atoms with Gasteiger partial charge in [0.2, 0.25) is 0 Å². The molecule has 1 heterocycles. The Morgan fingerprint density at radius 3 is 2.39 bits per heavy atom. The summed E-state index contributed by atoms with van der Waals surface area (Å²) in [6, 6.07) is 14.4. The number of aliphatic hydroxyl groups excluding tert-OH is 1. The fraction of sp³-hybridized carbons (Fsp3) is 0.480. The maximum absolute atomic E-state index is 9.66. The van der Waals surface area contributed by atoms with Gasteiger partial charge in [-0.3, -0.25) is 4.90 Å². The van der Waals surface area contributed by atoms with Crippen molar-refractivity contribution in [3.05, 3.63) is 53.6 Å². The lowest BCUT2D eigenvalue weighted by molar-refractivity contribution is 0.0792. The number of aliphatic imine (C=N–C) groups is 1. The molecule has 182 valence electrons. The van der Waals surface area contributed by atoms with Gasteiger partial charge in [-0.25, -0.2) is 4.99 Å². The van der Waals surface area contributed by atoms with Crippen molar-refractivity contribution in [2.45, 2.75) is 45.9 Å². The van der Waals surface area contributed by atoms with Crippen LogP contribution >= 0.6 is 24.0 Å². The van der Waals surface area contributed by atoms with Crippen LogP contribution in [-0.2, 0) is 13.1 Å². The number of nitrogens with one attached hydrogen (secondary N) is 2. The first kappa shape index (κ1) is 27.2. The first-order valence-corrected chi connectivity index (χ1v) is 11.5. The molecule has 0 aliphatic carbocycles. The Kier molecular flexibility index (Phi) is 11.8. The highest BCUT2D eigenvalue weighted by Crippen LogP contribution is 2.30. The first-order chi connectivity index (χ1) is 15.6. The molecule has 0 saturated carbocycles. The topological polar surface area (TPSA) is 78.4 Å². The number of rotatable bonds is 9. The van der Waals surface area contributed by atoms with Crippen LogP contribution in [0.25, 0.3) is 0 Å². The van der Waals surface area contributed by atoms with E-state index in [1.54, 1.807) is 7.11 Å². The summed E-state index contributed by atoms with van der Waals surface area (Å²) in [4.78, 5) is 7.13. The van der Waals surface area contributed by atoms with E-state index in [9.17, 15) is 5.11 Å². The monoisotopic (exact) mass is 568 g/mol. The summed E-state index contributed by atoms with van der Waals surface area (Å²) in [7, 11) is 1.64. The van der Waals surface area contributed by atoms with Crippen molar-refractivity contribution in [2.75, 3.05) is 38.7 Å². The van der Waals surface area contributed by atoms with Crippen molar-refractivity contribution >= 4 is 35.6 Å². The minimum atomic E-state index is -0.130. The molecule has 1 aliphatic rings. The van der Waals surface area contributed by atoms with Crippen LogP contribution in [0, 0.1) is 0 Å². The third-order valence-electron chi connectivity index (χ3n) is 5.48. The highest BCUT2D eigenvalue weighted by atomic mass is 127. The molecule has 33 heavy (non-hydrogen) atoms. The molecule has 1 fully saturated rings. The number of hydrogen-bond donors (Lipinski definition) is 3. The molecule has 2 aromatic rings. The minimum Gasteiger partial charge on any atom is -0.493 e. The van der Waals surface area contributed by atoms with E-state index < -0.39 is 0 Å². The predicted octanol–water partition coefficient (Wildman–Crippen LogP) is 4.25. The molecular weight excluding hydrogens is 531 g/mol. The van der Waals surface area contributed by atoms with Gasteiger partial charge >= 0.3 is 0 Å². The van der Waals surface area contributed by atoms with Crippen LogP contribution in [0.2, 0.25) is 0 Å². The highest BCUT2D eigenvalue weighted by molar-refractivity contribution is 14.0. The SMILES string of the molecule is CCNC(=NCc1ccc(CN2CCC(O)CC2)cc1)Nc1ccc(OCC)c(OC)c1.I. The molecule has 7 nitrogen and oxygen atoms in total. The summed E-state index contributed by atoms with van der Waals surface area (Å²) in [5, 5.41) is 16.3. The lowest BCUT2D eigenvalue weighted by Gasteiger charge is -2.29. The smallest absolute Gasteiger partial charge is 0.196 e. The predicted molar refractivity (Wildman–Crippen MR) is 145 cm³/mol. The van der Waals surface area contributed by atoms with Crippen LogP contribution in [0.5, 0.6) is 11.5 Å². The van der Waals surface area contributed by atoms with Crippen molar-refractivity contribution in [3.63, 3.8) is 0 Å². The number of aliphatic hydroxyl groups is 1. The number of hydrogen-bond acceptors (Lipinski definition) is 5. The molecule has 1 aliphatic heterocycles. The standard InChI is InChI=1S/C25H36N4O3.HI/c1-4-26-25(28-21-10-11-23(32-5-2)24(16-21)31-3)27-17-19-6-8-20(9-7-19)18-29-14-12-22(30)13-15-29;/h6-11,16,22,30H,4-5,12-15,17-18H2,1-3H3,(H2,26,27,28);1H. The third-order valence-corrected chi connectivity index (χ3v) is 5.48. The second-order valence-electron chi connectivity index (χ2n) is 7.94. The van der Waals surface area contributed by atoms with Gasteiger partial charge in [0.15, 0.2) is 17.5 Å². The van der Waals surface area contributed by atoms with E-state index in [1.807, 2.05) is 32.0 Å². The third kappa shape index (κ3) is 8.68. The van der Waals surface area contributed by atoms with Gasteiger partial charge in [-0.2, -0.15) is 0 Å². The fourth-order valence-corrected chi connectivity index (χ4v) is 3.72. The van der Waals surface area contributed by atoms with Gasteiger partial charge in [-0.15, -0.1) is 24.0 Å². The Hall–Kier alpha value is -2.04. The zero-order valence-electron chi connectivity index (χ0n) is 19.8. The highest BCUT2D eigenvalue weighted by Gasteiger charge is 2.16. The van der Waals surface area contributed by atoms with Crippen molar-refractivity contribution in [2.24, 2.45) is 4.99 Å². The lowest BCUT2D eigenvalue weighted by Crippen LogP contribution is -2.35. The van der Waals surface area contributed by atoms with Crippen molar-refractivity contribution in [1.29, 1.82) is 0 Å². The van der Waals surface area contributed by atoms with E-state index in [4.69, 9.17) is 14.5 Å². The molecular formula is C25H37IN4O3. The number of benzene rings is 2. The summed E-state index contributed by atoms with van der Waals surface area (Å²) in [5.41, 5.74) is 3.33. The Morgan fingerprint density at radius 2 is 1.76 bits per heavy atom. The largest absolute Gasteiger partial charge is 0.493 e. The molecule has 0 aromatic heterocycles. The molecule has 0 radical (unpaired) electrons. The summed E-state index contributed by atoms with van der Waals surface area (Å²) in [5.74, 6) is 2.13. The van der Waals surface area contributed by atoms with E-state index in [1.165, 1.54) is 5.56 Å². The van der Waals surface area contributed by atoms with Crippen molar-refractivity contribution < 1.29 is 14.6 Å². The van der Waals surface area contributed by atoms with Gasteiger partial charge in [0.1, 0.15) is 0 Å². The van der Waals surface area contributed by atoms with Gasteiger partial charge in [0.05, 0.1) is 26.4 Å². The molecule has 0 spiro atoms. The number of likely N-dealkylation sites (tertiary alicyclic amines) is 1. The summed E-state index contributed by atoms with van der Waals surface area (Å²) >= 11 is 0. The Balaban J connectivity index is 0.00000385. The van der Waals surface area contributed by atoms with E-state index in [0.717, 1.165) is 62.0 Å². The summed E-state index contributed by atoms with van der Waals surface area (Å²) in [6.45, 7) is 8.79. The molecule has 0 bridgehead atoms. The minimum absolute atomic E-state index is 0. The Bertz CT molecular complexity index is 868. The quantitative estimate of drug-likeness (QED) is 0.239. The Morgan fingerprint density at radius 1 is 1.06 bits per heavy atom. The van der Waals surface area contributed by atoms with Crippen molar-refractivity contribution in [1.82, 2.24) is 10.2 Å². The fourth-order valence-electron chi connectivity index (χ4n) is 3.72. The maximum Gasteiger partial charge on any atom is 0.196 e. The molecule has 3 rings (SSSR count).